The Morgan fingerprint density at radius 2 is 2.00 bits per heavy atom. The highest BCUT2D eigenvalue weighted by atomic mass is 32.2. The van der Waals surface area contributed by atoms with E-state index in [1.807, 2.05) is 19.1 Å². The van der Waals surface area contributed by atoms with Gasteiger partial charge in [0.05, 0.1) is 5.75 Å². The summed E-state index contributed by atoms with van der Waals surface area (Å²) < 4.78 is 24.4. The van der Waals surface area contributed by atoms with Crippen LogP contribution in [0.2, 0.25) is 0 Å². The first-order chi connectivity index (χ1) is 11.9. The van der Waals surface area contributed by atoms with Gasteiger partial charge in [-0.25, -0.2) is 23.3 Å². The number of nitrogens with one attached hydrogen (secondary N) is 1. The molecule has 25 heavy (non-hydrogen) atoms. The lowest BCUT2D eigenvalue weighted by molar-refractivity contribution is 0.463. The Morgan fingerprint density at radius 3 is 2.56 bits per heavy atom. The predicted octanol–water partition coefficient (Wildman–Crippen LogP) is 0.915. The Balaban J connectivity index is 1.65. The lowest BCUT2D eigenvalue weighted by Gasteiger charge is -2.32. The SMILES string of the molecule is CCn1c(C2CCN(c3ccc(CS(C)(=O)=O)cn3)CC2)n[nH]c1=O. The summed E-state index contributed by atoms with van der Waals surface area (Å²) in [6.45, 7) is 4.22. The van der Waals surface area contributed by atoms with Crippen LogP contribution >= 0.6 is 0 Å². The molecule has 2 aromatic heterocycles. The fraction of sp³-hybridized carbons (Fsp3) is 0.562. The monoisotopic (exact) mass is 365 g/mol. The number of H-pyrrole nitrogens is 1. The largest absolute Gasteiger partial charge is 0.357 e. The second-order valence-electron chi connectivity index (χ2n) is 6.49. The van der Waals surface area contributed by atoms with Crippen molar-refractivity contribution in [1.82, 2.24) is 19.7 Å². The Labute approximate surface area is 146 Å². The second kappa shape index (κ2) is 6.99. The second-order valence-corrected chi connectivity index (χ2v) is 8.63. The Hall–Kier alpha value is -2.16. The van der Waals surface area contributed by atoms with E-state index >= 15 is 0 Å². The molecule has 1 aliphatic rings. The van der Waals surface area contributed by atoms with E-state index in [4.69, 9.17) is 0 Å². The van der Waals surface area contributed by atoms with E-state index in [1.54, 1.807) is 10.8 Å². The molecule has 0 bridgehead atoms. The van der Waals surface area contributed by atoms with Crippen molar-refractivity contribution in [2.45, 2.75) is 38.0 Å². The van der Waals surface area contributed by atoms with Crippen LogP contribution in [0, 0.1) is 0 Å². The highest BCUT2D eigenvalue weighted by molar-refractivity contribution is 7.89. The van der Waals surface area contributed by atoms with Crippen LogP contribution < -0.4 is 10.6 Å². The molecule has 8 nitrogen and oxygen atoms in total. The maximum Gasteiger partial charge on any atom is 0.343 e. The number of aromatic amines is 1. The number of hydrogen-bond donors (Lipinski definition) is 1. The van der Waals surface area contributed by atoms with Crippen molar-refractivity contribution in [2.75, 3.05) is 24.2 Å². The minimum atomic E-state index is -3.05. The average Bonchev–Trinajstić information content (AvgIpc) is 2.95. The Morgan fingerprint density at radius 1 is 1.28 bits per heavy atom. The molecule has 0 spiro atoms. The number of sulfone groups is 1. The average molecular weight is 365 g/mol. The molecule has 0 aliphatic carbocycles. The zero-order chi connectivity index (χ0) is 18.0. The van der Waals surface area contributed by atoms with Crippen LogP contribution in [-0.2, 0) is 22.1 Å². The molecule has 2 aromatic rings. The van der Waals surface area contributed by atoms with Crippen LogP contribution in [0.1, 0.15) is 37.1 Å². The van der Waals surface area contributed by atoms with Crippen molar-refractivity contribution in [3.05, 3.63) is 40.2 Å². The summed E-state index contributed by atoms with van der Waals surface area (Å²) in [4.78, 5) is 18.3. The number of anilines is 1. The summed E-state index contributed by atoms with van der Waals surface area (Å²) in [5, 5.41) is 6.72. The molecular weight excluding hydrogens is 342 g/mol. The van der Waals surface area contributed by atoms with Gasteiger partial charge in [-0.3, -0.25) is 4.57 Å². The van der Waals surface area contributed by atoms with E-state index < -0.39 is 9.84 Å². The number of rotatable bonds is 5. The molecule has 0 amide bonds. The minimum Gasteiger partial charge on any atom is -0.357 e. The first kappa shape index (κ1) is 17.7. The number of hydrogen-bond acceptors (Lipinski definition) is 6. The third-order valence-electron chi connectivity index (χ3n) is 4.53. The normalized spacial score (nSPS) is 16.3. The topological polar surface area (TPSA) is 101 Å². The van der Waals surface area contributed by atoms with Crippen LogP contribution in [0.3, 0.4) is 0 Å². The first-order valence-corrected chi connectivity index (χ1v) is 10.5. The van der Waals surface area contributed by atoms with Gasteiger partial charge >= 0.3 is 5.69 Å². The molecule has 1 aliphatic heterocycles. The van der Waals surface area contributed by atoms with Gasteiger partial charge in [-0.2, -0.15) is 5.10 Å². The molecule has 9 heteroatoms. The van der Waals surface area contributed by atoms with Crippen LogP contribution in [0.25, 0.3) is 0 Å². The molecule has 1 fully saturated rings. The van der Waals surface area contributed by atoms with E-state index in [9.17, 15) is 13.2 Å². The maximum absolute atomic E-state index is 11.7. The van der Waals surface area contributed by atoms with Crippen molar-refractivity contribution < 1.29 is 8.42 Å². The number of pyridine rings is 1. The smallest absolute Gasteiger partial charge is 0.343 e. The van der Waals surface area contributed by atoms with E-state index in [0.29, 0.717) is 12.1 Å². The van der Waals surface area contributed by atoms with Crippen molar-refractivity contribution in [2.24, 2.45) is 0 Å². The van der Waals surface area contributed by atoms with Crippen LogP contribution in [0.4, 0.5) is 5.82 Å². The van der Waals surface area contributed by atoms with Gasteiger partial charge in [-0.05, 0) is 31.4 Å². The van der Waals surface area contributed by atoms with Gasteiger partial charge < -0.3 is 4.90 Å². The van der Waals surface area contributed by atoms with E-state index in [1.165, 1.54) is 6.26 Å². The fourth-order valence-electron chi connectivity index (χ4n) is 3.31. The molecule has 0 saturated carbocycles. The van der Waals surface area contributed by atoms with Gasteiger partial charge in [-0.1, -0.05) is 6.07 Å². The lowest BCUT2D eigenvalue weighted by atomic mass is 9.96. The zero-order valence-electron chi connectivity index (χ0n) is 14.5. The predicted molar refractivity (Wildman–Crippen MR) is 95.5 cm³/mol. The summed E-state index contributed by atoms with van der Waals surface area (Å²) in [5.74, 6) is 1.96. The van der Waals surface area contributed by atoms with Crippen LogP contribution in [0.15, 0.2) is 23.1 Å². The van der Waals surface area contributed by atoms with Crippen molar-refractivity contribution in [3.63, 3.8) is 0 Å². The number of aromatic nitrogens is 4. The molecule has 0 radical (unpaired) electrons. The van der Waals surface area contributed by atoms with Gasteiger partial charge in [-0.15, -0.1) is 0 Å². The minimum absolute atomic E-state index is 0.00998. The number of piperidine rings is 1. The van der Waals surface area contributed by atoms with Crippen molar-refractivity contribution in [1.29, 1.82) is 0 Å². The van der Waals surface area contributed by atoms with E-state index in [2.05, 4.69) is 20.1 Å². The van der Waals surface area contributed by atoms with Gasteiger partial charge in [0.1, 0.15) is 11.6 Å². The summed E-state index contributed by atoms with van der Waals surface area (Å²) in [6.07, 6.45) is 4.65. The molecule has 0 unspecified atom stereocenters. The van der Waals surface area contributed by atoms with E-state index in [-0.39, 0.29) is 17.4 Å². The molecule has 3 heterocycles. The summed E-state index contributed by atoms with van der Waals surface area (Å²) >= 11 is 0. The quantitative estimate of drug-likeness (QED) is 0.845. The Bertz CT molecular complexity index is 877. The standard InChI is InChI=1S/C16H23N5O3S/c1-3-21-15(18-19-16(21)22)13-6-8-20(9-7-13)14-5-4-12(10-17-14)11-25(2,23)24/h4-5,10,13H,3,6-9,11H2,1-2H3,(H,19,22). The summed E-state index contributed by atoms with van der Waals surface area (Å²) in [7, 11) is -3.05. The maximum atomic E-state index is 11.7. The number of nitrogens with zero attached hydrogens (tertiary/aromatic N) is 4. The third-order valence-corrected chi connectivity index (χ3v) is 5.38. The molecule has 0 aromatic carbocycles. The highest BCUT2D eigenvalue weighted by Gasteiger charge is 2.25. The van der Waals surface area contributed by atoms with Gasteiger partial charge in [0.25, 0.3) is 0 Å². The molecule has 1 N–H and O–H groups in total. The van der Waals surface area contributed by atoms with Gasteiger partial charge in [0.2, 0.25) is 0 Å². The molecule has 0 atom stereocenters. The lowest BCUT2D eigenvalue weighted by Crippen LogP contribution is -2.34. The third kappa shape index (κ3) is 4.09. The van der Waals surface area contributed by atoms with Gasteiger partial charge in [0, 0.05) is 38.0 Å². The zero-order valence-corrected chi connectivity index (χ0v) is 15.3. The van der Waals surface area contributed by atoms with Crippen molar-refractivity contribution >= 4 is 15.7 Å². The molecule has 136 valence electrons. The molecule has 3 rings (SSSR count). The van der Waals surface area contributed by atoms with Crippen molar-refractivity contribution in [3.8, 4) is 0 Å². The first-order valence-electron chi connectivity index (χ1n) is 8.40. The summed E-state index contributed by atoms with van der Waals surface area (Å²) in [5.41, 5.74) is 0.549. The fourth-order valence-corrected chi connectivity index (χ4v) is 4.08. The van der Waals surface area contributed by atoms with Crippen LogP contribution in [-0.4, -0.2) is 47.5 Å². The Kier molecular flexibility index (Phi) is 4.94. The summed E-state index contributed by atoms with van der Waals surface area (Å²) in [6, 6.07) is 3.69. The van der Waals surface area contributed by atoms with E-state index in [0.717, 1.165) is 37.6 Å². The molecular formula is C16H23N5O3S. The van der Waals surface area contributed by atoms with Gasteiger partial charge in [0.15, 0.2) is 9.84 Å². The molecule has 1 saturated heterocycles. The highest BCUT2D eigenvalue weighted by Crippen LogP contribution is 2.28. The van der Waals surface area contributed by atoms with Crippen LogP contribution in [0.5, 0.6) is 0 Å².